The maximum absolute atomic E-state index is 10.1. The van der Waals surface area contributed by atoms with E-state index >= 15 is 0 Å². The summed E-state index contributed by atoms with van der Waals surface area (Å²) in [7, 11) is 0. The predicted molar refractivity (Wildman–Crippen MR) is 52.2 cm³/mol. The highest BCUT2D eigenvalue weighted by Gasteiger charge is 2.00. The molecule has 2 heteroatoms. The Morgan fingerprint density at radius 1 is 1.23 bits per heavy atom. The fourth-order valence-electron chi connectivity index (χ4n) is 1.21. The highest BCUT2D eigenvalue weighted by atomic mass is 16.5. The molecule has 0 bridgehead atoms. The first kappa shape index (κ1) is 9.78. The second kappa shape index (κ2) is 4.08. The minimum atomic E-state index is 0.127. The second-order valence-electron chi connectivity index (χ2n) is 3.16. The summed E-state index contributed by atoms with van der Waals surface area (Å²) < 4.78 is 5.20. The molecule has 0 aliphatic heterocycles. The van der Waals surface area contributed by atoms with Gasteiger partial charge in [0.25, 0.3) is 0 Å². The van der Waals surface area contributed by atoms with Gasteiger partial charge >= 0.3 is 0 Å². The molecule has 0 aromatic heterocycles. The monoisotopic (exact) mass is 178 g/mol. The first-order chi connectivity index (χ1) is 6.15. The largest absolute Gasteiger partial charge is 0.486 e. The Balaban J connectivity index is 2.92. The number of aldehydes is 1. The molecule has 0 fully saturated rings. The van der Waals surface area contributed by atoms with Crippen molar-refractivity contribution in [1.82, 2.24) is 0 Å². The minimum Gasteiger partial charge on any atom is -0.486 e. The van der Waals surface area contributed by atoms with E-state index in [2.05, 4.69) is 6.92 Å². The van der Waals surface area contributed by atoms with Gasteiger partial charge < -0.3 is 4.74 Å². The molecule has 0 N–H and O–H groups in total. The lowest BCUT2D eigenvalue weighted by Gasteiger charge is -2.08. The molecule has 70 valence electrons. The van der Waals surface area contributed by atoms with Crippen LogP contribution >= 0.6 is 0 Å². The van der Waals surface area contributed by atoms with Crippen molar-refractivity contribution >= 4 is 6.29 Å². The minimum absolute atomic E-state index is 0.127. The van der Waals surface area contributed by atoms with Crippen molar-refractivity contribution in [2.45, 2.75) is 20.8 Å². The van der Waals surface area contributed by atoms with E-state index in [9.17, 15) is 4.79 Å². The Labute approximate surface area is 78.5 Å². The van der Waals surface area contributed by atoms with E-state index in [1.807, 2.05) is 26.0 Å². The number of carbonyl (C=O) groups is 1. The van der Waals surface area contributed by atoms with Crippen molar-refractivity contribution in [1.29, 1.82) is 0 Å². The molecule has 1 rings (SSSR count). The normalized spacial score (nSPS) is 9.77. The number of rotatable bonds is 3. The molecule has 1 aromatic rings. The van der Waals surface area contributed by atoms with E-state index in [4.69, 9.17) is 4.74 Å². The molecule has 0 atom stereocenters. The summed E-state index contributed by atoms with van der Waals surface area (Å²) in [5, 5.41) is 0. The van der Waals surface area contributed by atoms with Gasteiger partial charge in [0, 0.05) is 0 Å². The molecule has 2 nitrogen and oxygen atoms in total. The Morgan fingerprint density at radius 2 is 1.77 bits per heavy atom. The zero-order valence-electron chi connectivity index (χ0n) is 8.26. The smallest absolute Gasteiger partial charge is 0.157 e. The van der Waals surface area contributed by atoms with Gasteiger partial charge in [0.15, 0.2) is 6.29 Å². The van der Waals surface area contributed by atoms with Crippen molar-refractivity contribution in [2.75, 3.05) is 6.61 Å². The standard InChI is InChI=1S/C11H14O2/c1-8-6-11(13-5-4-12)7-9(2)10(8)3/h4,6-7H,5H2,1-3H3. The first-order valence-electron chi connectivity index (χ1n) is 4.29. The van der Waals surface area contributed by atoms with E-state index in [0.29, 0.717) is 0 Å². The topological polar surface area (TPSA) is 26.3 Å². The van der Waals surface area contributed by atoms with Crippen LogP contribution in [0.15, 0.2) is 12.1 Å². The Morgan fingerprint density at radius 3 is 2.23 bits per heavy atom. The summed E-state index contributed by atoms with van der Waals surface area (Å²) in [6.07, 6.45) is 0.754. The van der Waals surface area contributed by atoms with E-state index in [-0.39, 0.29) is 6.61 Å². The van der Waals surface area contributed by atoms with Crippen LogP contribution in [0, 0.1) is 20.8 Å². The number of aryl methyl sites for hydroxylation is 2. The van der Waals surface area contributed by atoms with Gasteiger partial charge in [-0.1, -0.05) is 0 Å². The molecule has 0 unspecified atom stereocenters. The molecule has 0 heterocycles. The highest BCUT2D eigenvalue weighted by molar-refractivity contribution is 5.51. The van der Waals surface area contributed by atoms with Crippen molar-refractivity contribution in [3.8, 4) is 5.75 Å². The summed E-state index contributed by atoms with van der Waals surface area (Å²) in [5.41, 5.74) is 3.67. The molecule has 13 heavy (non-hydrogen) atoms. The average Bonchev–Trinajstić information content (AvgIpc) is 2.10. The van der Waals surface area contributed by atoms with Gasteiger partial charge in [0.1, 0.15) is 12.4 Å². The lowest BCUT2D eigenvalue weighted by molar-refractivity contribution is -0.109. The molecule has 1 aromatic carbocycles. The van der Waals surface area contributed by atoms with Gasteiger partial charge in [0.05, 0.1) is 0 Å². The Kier molecular flexibility index (Phi) is 3.07. The molecule has 0 aliphatic carbocycles. The number of hydrogen-bond acceptors (Lipinski definition) is 2. The van der Waals surface area contributed by atoms with Gasteiger partial charge in [-0.2, -0.15) is 0 Å². The van der Waals surface area contributed by atoms with Crippen molar-refractivity contribution in [3.63, 3.8) is 0 Å². The summed E-state index contributed by atoms with van der Waals surface area (Å²) in [6, 6.07) is 3.90. The van der Waals surface area contributed by atoms with Crippen LogP contribution in [0.1, 0.15) is 16.7 Å². The van der Waals surface area contributed by atoms with Gasteiger partial charge in [-0.15, -0.1) is 0 Å². The van der Waals surface area contributed by atoms with E-state index < -0.39 is 0 Å². The summed E-state index contributed by atoms with van der Waals surface area (Å²) in [6.45, 7) is 6.28. The van der Waals surface area contributed by atoms with Crippen LogP contribution in [0.5, 0.6) is 5.75 Å². The van der Waals surface area contributed by atoms with Crippen molar-refractivity contribution in [3.05, 3.63) is 28.8 Å². The van der Waals surface area contributed by atoms with Gasteiger partial charge in [-0.3, -0.25) is 4.79 Å². The number of ether oxygens (including phenoxy) is 1. The van der Waals surface area contributed by atoms with E-state index in [1.165, 1.54) is 16.7 Å². The zero-order valence-corrected chi connectivity index (χ0v) is 8.26. The quantitative estimate of drug-likeness (QED) is 0.663. The maximum atomic E-state index is 10.1. The molecule has 0 spiro atoms. The third kappa shape index (κ3) is 2.31. The summed E-state index contributed by atoms with van der Waals surface area (Å²) >= 11 is 0. The van der Waals surface area contributed by atoms with Crippen LogP contribution < -0.4 is 4.74 Å². The van der Waals surface area contributed by atoms with Crippen LogP contribution in [0.3, 0.4) is 0 Å². The van der Waals surface area contributed by atoms with Crippen LogP contribution in [0.25, 0.3) is 0 Å². The van der Waals surface area contributed by atoms with E-state index in [1.54, 1.807) is 0 Å². The molecule has 0 aliphatic rings. The average molecular weight is 178 g/mol. The molecule has 0 saturated carbocycles. The van der Waals surface area contributed by atoms with Gasteiger partial charge in [0.2, 0.25) is 0 Å². The number of hydrogen-bond donors (Lipinski definition) is 0. The van der Waals surface area contributed by atoms with Crippen LogP contribution in [0.2, 0.25) is 0 Å². The van der Waals surface area contributed by atoms with Crippen LogP contribution in [-0.2, 0) is 4.79 Å². The molecular formula is C11H14O2. The number of carbonyl (C=O) groups excluding carboxylic acids is 1. The summed E-state index contributed by atoms with van der Waals surface area (Å²) in [4.78, 5) is 10.1. The lowest BCUT2D eigenvalue weighted by Crippen LogP contribution is -1.99. The molecule has 0 radical (unpaired) electrons. The number of benzene rings is 1. The van der Waals surface area contributed by atoms with Crippen molar-refractivity contribution < 1.29 is 9.53 Å². The maximum Gasteiger partial charge on any atom is 0.157 e. The molecule has 0 amide bonds. The molecule has 0 saturated heterocycles. The highest BCUT2D eigenvalue weighted by Crippen LogP contribution is 2.20. The SMILES string of the molecule is Cc1cc(OCC=O)cc(C)c1C. The fourth-order valence-corrected chi connectivity index (χ4v) is 1.21. The van der Waals surface area contributed by atoms with Gasteiger partial charge in [-0.25, -0.2) is 0 Å². The second-order valence-corrected chi connectivity index (χ2v) is 3.16. The zero-order chi connectivity index (χ0) is 9.84. The predicted octanol–water partition coefficient (Wildman–Crippen LogP) is 2.19. The third-order valence-electron chi connectivity index (χ3n) is 2.22. The Bertz CT molecular complexity index is 293. The summed E-state index contributed by atoms with van der Waals surface area (Å²) in [5.74, 6) is 0.771. The van der Waals surface area contributed by atoms with E-state index in [0.717, 1.165) is 12.0 Å². The lowest BCUT2D eigenvalue weighted by atomic mass is 10.0. The third-order valence-corrected chi connectivity index (χ3v) is 2.22. The van der Waals surface area contributed by atoms with Crippen molar-refractivity contribution in [2.24, 2.45) is 0 Å². The molecular weight excluding hydrogens is 164 g/mol. The Hall–Kier alpha value is -1.31. The first-order valence-corrected chi connectivity index (χ1v) is 4.29. The van der Waals surface area contributed by atoms with Crippen LogP contribution in [0.4, 0.5) is 0 Å². The van der Waals surface area contributed by atoms with Crippen LogP contribution in [-0.4, -0.2) is 12.9 Å². The van der Waals surface area contributed by atoms with Gasteiger partial charge in [-0.05, 0) is 49.6 Å². The fraction of sp³-hybridized carbons (Fsp3) is 0.364.